The number of ether oxygens (including phenoxy) is 1. The highest BCUT2D eigenvalue weighted by Crippen LogP contribution is 2.38. The van der Waals surface area contributed by atoms with Crippen molar-refractivity contribution < 1.29 is 4.74 Å². The van der Waals surface area contributed by atoms with E-state index in [9.17, 15) is 0 Å². The first-order valence-corrected chi connectivity index (χ1v) is 6.43. The van der Waals surface area contributed by atoms with Gasteiger partial charge in [-0.1, -0.05) is 12.2 Å². The average molecular weight is 258 g/mol. The number of methoxy groups -OCH3 is 1. The van der Waals surface area contributed by atoms with Crippen LogP contribution >= 0.6 is 12.2 Å². The highest BCUT2D eigenvalue weighted by Gasteiger charge is 2.26. The Balaban J connectivity index is 2.01. The molecule has 4 heteroatoms. The van der Waals surface area contributed by atoms with E-state index in [0.717, 1.165) is 22.8 Å². The molecule has 0 bridgehead atoms. The molecule has 1 aromatic heterocycles. The topological polar surface area (TPSA) is 37.9 Å². The molecule has 0 aliphatic heterocycles. The van der Waals surface area contributed by atoms with Crippen LogP contribution in [-0.2, 0) is 0 Å². The van der Waals surface area contributed by atoms with Gasteiger partial charge in [0.15, 0.2) is 0 Å². The summed E-state index contributed by atoms with van der Waals surface area (Å²) in [6.45, 7) is 0. The van der Waals surface area contributed by atoms with E-state index >= 15 is 0 Å². The first kappa shape index (κ1) is 11.4. The van der Waals surface area contributed by atoms with Crippen LogP contribution < -0.4 is 4.74 Å². The second-order valence-corrected chi connectivity index (χ2v) is 4.94. The molecular weight excluding hydrogens is 244 g/mol. The molecule has 0 atom stereocenters. The van der Waals surface area contributed by atoms with Gasteiger partial charge in [-0.15, -0.1) is 0 Å². The fraction of sp³-hybridized carbons (Fsp3) is 0.286. The van der Waals surface area contributed by atoms with Gasteiger partial charge in [0.05, 0.1) is 7.11 Å². The number of H-pyrrole nitrogens is 1. The zero-order valence-electron chi connectivity index (χ0n) is 10.1. The van der Waals surface area contributed by atoms with Crippen LogP contribution in [-0.4, -0.2) is 17.1 Å². The van der Waals surface area contributed by atoms with Crippen LogP contribution in [0.5, 0.6) is 5.75 Å². The molecule has 1 saturated carbocycles. The number of nitrogens with zero attached hydrogens (tertiary/aromatic N) is 1. The summed E-state index contributed by atoms with van der Waals surface area (Å²) in [5.41, 5.74) is 2.13. The van der Waals surface area contributed by atoms with Crippen LogP contribution in [0.2, 0.25) is 0 Å². The quantitative estimate of drug-likeness (QED) is 0.853. The van der Waals surface area contributed by atoms with Gasteiger partial charge in [0.25, 0.3) is 0 Å². The average Bonchev–Trinajstić information content (AvgIpc) is 3.22. The molecule has 3 rings (SSSR count). The van der Waals surface area contributed by atoms with E-state index < -0.39 is 0 Å². The zero-order chi connectivity index (χ0) is 12.5. The molecule has 1 heterocycles. The van der Waals surface area contributed by atoms with Gasteiger partial charge in [-0.25, -0.2) is 4.98 Å². The normalized spacial score (nSPS) is 14.5. The standard InChI is InChI=1S/C14H14N2OS/c1-17-11-6-4-9(5-7-11)12-8-13(18)16-14(15-12)10-2-3-10/h4-8,10H,2-3H2,1H3,(H,15,16,18). The maximum atomic E-state index is 5.23. The van der Waals surface area contributed by atoms with Gasteiger partial charge in [-0.2, -0.15) is 0 Å². The monoisotopic (exact) mass is 258 g/mol. The molecule has 1 N–H and O–H groups in total. The van der Waals surface area contributed by atoms with Crippen molar-refractivity contribution in [3.8, 4) is 17.0 Å². The molecule has 1 fully saturated rings. The Morgan fingerprint density at radius 1 is 1.28 bits per heavy atom. The molecule has 1 aliphatic rings. The predicted molar refractivity (Wildman–Crippen MR) is 73.4 cm³/mol. The summed E-state index contributed by atoms with van der Waals surface area (Å²) in [6.07, 6.45) is 2.43. The number of hydrogen-bond donors (Lipinski definition) is 1. The molecular formula is C14H14N2OS. The van der Waals surface area contributed by atoms with Gasteiger partial charge in [-0.3, -0.25) is 0 Å². The number of aromatic nitrogens is 2. The summed E-state index contributed by atoms with van der Waals surface area (Å²) >= 11 is 5.23. The lowest BCUT2D eigenvalue weighted by Gasteiger charge is -2.06. The Labute approximate surface area is 111 Å². The minimum absolute atomic E-state index is 0.574. The molecule has 0 unspecified atom stereocenters. The van der Waals surface area contributed by atoms with Gasteiger partial charge < -0.3 is 9.72 Å². The Morgan fingerprint density at radius 2 is 2.00 bits per heavy atom. The third kappa shape index (κ3) is 2.29. The molecule has 0 spiro atoms. The number of hydrogen-bond acceptors (Lipinski definition) is 3. The van der Waals surface area contributed by atoms with Crippen molar-refractivity contribution in [2.45, 2.75) is 18.8 Å². The number of nitrogens with one attached hydrogen (secondary N) is 1. The second kappa shape index (κ2) is 4.53. The van der Waals surface area contributed by atoms with Crippen LogP contribution in [0.25, 0.3) is 11.3 Å². The maximum absolute atomic E-state index is 5.23. The Morgan fingerprint density at radius 3 is 2.61 bits per heavy atom. The van der Waals surface area contributed by atoms with Gasteiger partial charge in [0, 0.05) is 11.6 Å². The lowest BCUT2D eigenvalue weighted by atomic mass is 10.1. The largest absolute Gasteiger partial charge is 0.497 e. The van der Waals surface area contributed by atoms with Crippen molar-refractivity contribution >= 4 is 12.2 Å². The van der Waals surface area contributed by atoms with Gasteiger partial charge in [0.2, 0.25) is 0 Å². The molecule has 18 heavy (non-hydrogen) atoms. The van der Waals surface area contributed by atoms with Crippen molar-refractivity contribution in [3.63, 3.8) is 0 Å². The maximum Gasteiger partial charge on any atom is 0.130 e. The molecule has 0 saturated heterocycles. The molecule has 0 amide bonds. The molecule has 2 aromatic rings. The van der Waals surface area contributed by atoms with Crippen LogP contribution in [0.4, 0.5) is 0 Å². The highest BCUT2D eigenvalue weighted by atomic mass is 32.1. The minimum atomic E-state index is 0.574. The summed E-state index contributed by atoms with van der Waals surface area (Å²) in [7, 11) is 1.67. The lowest BCUT2D eigenvalue weighted by Crippen LogP contribution is -1.95. The molecule has 92 valence electrons. The number of benzene rings is 1. The summed E-state index contributed by atoms with van der Waals surface area (Å²) in [5, 5.41) is 0. The molecule has 1 aliphatic carbocycles. The van der Waals surface area contributed by atoms with E-state index in [1.54, 1.807) is 7.11 Å². The SMILES string of the molecule is COc1ccc(-c2cc(=S)nc(C3CC3)[nH]2)cc1. The van der Waals surface area contributed by atoms with Gasteiger partial charge in [0.1, 0.15) is 16.2 Å². The fourth-order valence-electron chi connectivity index (χ4n) is 1.95. The minimum Gasteiger partial charge on any atom is -0.497 e. The molecule has 3 nitrogen and oxygen atoms in total. The van der Waals surface area contributed by atoms with Crippen molar-refractivity contribution in [2.24, 2.45) is 0 Å². The third-order valence-electron chi connectivity index (χ3n) is 3.13. The Bertz CT molecular complexity index is 614. The smallest absolute Gasteiger partial charge is 0.130 e. The second-order valence-electron chi connectivity index (χ2n) is 4.52. The van der Waals surface area contributed by atoms with E-state index in [-0.39, 0.29) is 0 Å². The summed E-state index contributed by atoms with van der Waals surface area (Å²) < 4.78 is 5.81. The number of aromatic amines is 1. The van der Waals surface area contributed by atoms with Crippen LogP contribution in [0.15, 0.2) is 30.3 Å². The molecule has 0 radical (unpaired) electrons. The first-order chi connectivity index (χ1) is 8.76. The van der Waals surface area contributed by atoms with Crippen molar-refractivity contribution in [3.05, 3.63) is 40.8 Å². The zero-order valence-corrected chi connectivity index (χ0v) is 11.0. The number of rotatable bonds is 3. The van der Waals surface area contributed by atoms with Gasteiger partial charge in [-0.05, 0) is 48.7 Å². The van der Waals surface area contributed by atoms with E-state index in [1.165, 1.54) is 12.8 Å². The van der Waals surface area contributed by atoms with E-state index in [1.807, 2.05) is 30.3 Å². The van der Waals surface area contributed by atoms with Crippen molar-refractivity contribution in [1.82, 2.24) is 9.97 Å². The first-order valence-electron chi connectivity index (χ1n) is 6.02. The van der Waals surface area contributed by atoms with Gasteiger partial charge >= 0.3 is 0 Å². The van der Waals surface area contributed by atoms with Crippen molar-refractivity contribution in [2.75, 3.05) is 7.11 Å². The van der Waals surface area contributed by atoms with E-state index in [2.05, 4.69) is 9.97 Å². The Kier molecular flexibility index (Phi) is 2.88. The van der Waals surface area contributed by atoms with Crippen LogP contribution in [0, 0.1) is 4.64 Å². The highest BCUT2D eigenvalue weighted by molar-refractivity contribution is 7.71. The summed E-state index contributed by atoms with van der Waals surface area (Å²) in [5.74, 6) is 2.45. The summed E-state index contributed by atoms with van der Waals surface area (Å²) in [6, 6.07) is 9.85. The fourth-order valence-corrected chi connectivity index (χ4v) is 2.17. The Hall–Kier alpha value is -1.68. The lowest BCUT2D eigenvalue weighted by molar-refractivity contribution is 0.415. The predicted octanol–water partition coefficient (Wildman–Crippen LogP) is 3.69. The molecule has 1 aromatic carbocycles. The third-order valence-corrected chi connectivity index (χ3v) is 3.34. The van der Waals surface area contributed by atoms with Crippen LogP contribution in [0.3, 0.4) is 0 Å². The van der Waals surface area contributed by atoms with Crippen LogP contribution in [0.1, 0.15) is 24.6 Å². The van der Waals surface area contributed by atoms with E-state index in [4.69, 9.17) is 17.0 Å². The van der Waals surface area contributed by atoms with E-state index in [0.29, 0.717) is 10.6 Å². The summed E-state index contributed by atoms with van der Waals surface area (Å²) in [4.78, 5) is 7.77. The van der Waals surface area contributed by atoms with Crippen molar-refractivity contribution in [1.29, 1.82) is 0 Å².